The zero-order valence-electron chi connectivity index (χ0n) is 10.2. The maximum absolute atomic E-state index is 9.32. The highest BCUT2D eigenvalue weighted by atomic mass is 16.3. The number of phenolic OH excluding ortho intramolecular Hbond substituents is 1. The van der Waals surface area contributed by atoms with Crippen LogP contribution in [0, 0.1) is 5.92 Å². The van der Waals surface area contributed by atoms with E-state index in [1.165, 1.54) is 11.3 Å². The summed E-state index contributed by atoms with van der Waals surface area (Å²) in [6.07, 6.45) is 5.14. The van der Waals surface area contributed by atoms with Crippen molar-refractivity contribution in [2.24, 2.45) is 11.7 Å². The molecule has 3 rings (SSSR count). The molecule has 1 aromatic carbocycles. The summed E-state index contributed by atoms with van der Waals surface area (Å²) in [5, 5.41) is 13.8. The number of aromatic nitrogens is 2. The van der Waals surface area contributed by atoms with E-state index in [0.717, 1.165) is 31.5 Å². The van der Waals surface area contributed by atoms with E-state index < -0.39 is 0 Å². The first-order chi connectivity index (χ1) is 8.78. The lowest BCUT2D eigenvalue weighted by Gasteiger charge is -2.21. The van der Waals surface area contributed by atoms with E-state index in [4.69, 9.17) is 5.73 Å². The van der Waals surface area contributed by atoms with Gasteiger partial charge in [-0.15, -0.1) is 0 Å². The highest BCUT2D eigenvalue weighted by Crippen LogP contribution is 2.27. The first-order valence-corrected chi connectivity index (χ1v) is 6.33. The molecule has 0 spiro atoms. The second kappa shape index (κ2) is 4.46. The average Bonchev–Trinajstić information content (AvgIpc) is 2.82. The number of phenols is 1. The number of aromatic hydroxyl groups is 1. The Balaban J connectivity index is 1.96. The number of hydrogen-bond donors (Lipinski definition) is 2. The molecule has 1 aliphatic carbocycles. The largest absolute Gasteiger partial charge is 0.508 e. The Kier molecular flexibility index (Phi) is 2.80. The first kappa shape index (κ1) is 11.3. The summed E-state index contributed by atoms with van der Waals surface area (Å²) in [5.41, 5.74) is 9.33. The molecule has 94 valence electrons. The fraction of sp³-hybridized carbons (Fsp3) is 0.357. The van der Waals surface area contributed by atoms with Crippen molar-refractivity contribution < 1.29 is 5.11 Å². The van der Waals surface area contributed by atoms with Gasteiger partial charge in [0, 0.05) is 5.69 Å². The molecule has 0 aliphatic heterocycles. The fourth-order valence-electron chi connectivity index (χ4n) is 2.62. The smallest absolute Gasteiger partial charge is 0.115 e. The van der Waals surface area contributed by atoms with Gasteiger partial charge < -0.3 is 10.8 Å². The molecule has 1 unspecified atom stereocenters. The Morgan fingerprint density at radius 1 is 1.33 bits per heavy atom. The van der Waals surface area contributed by atoms with Gasteiger partial charge in [0.05, 0.1) is 11.9 Å². The summed E-state index contributed by atoms with van der Waals surface area (Å²) >= 11 is 0. The predicted molar refractivity (Wildman–Crippen MR) is 69.8 cm³/mol. The molecule has 18 heavy (non-hydrogen) atoms. The van der Waals surface area contributed by atoms with Crippen LogP contribution in [-0.2, 0) is 12.8 Å². The van der Waals surface area contributed by atoms with Crippen LogP contribution >= 0.6 is 0 Å². The quantitative estimate of drug-likeness (QED) is 0.842. The summed E-state index contributed by atoms with van der Waals surface area (Å²) in [6, 6.07) is 7.15. The molecule has 0 bridgehead atoms. The molecular formula is C14H17N3O. The van der Waals surface area contributed by atoms with Gasteiger partial charge in [0.2, 0.25) is 0 Å². The zero-order valence-corrected chi connectivity index (χ0v) is 10.2. The van der Waals surface area contributed by atoms with Crippen LogP contribution in [0.15, 0.2) is 30.5 Å². The third-order valence-corrected chi connectivity index (χ3v) is 3.68. The molecule has 0 radical (unpaired) electrons. The predicted octanol–water partition coefficient (Wildman–Crippen LogP) is 1.64. The van der Waals surface area contributed by atoms with Crippen LogP contribution in [-0.4, -0.2) is 21.4 Å². The fourth-order valence-corrected chi connectivity index (χ4v) is 2.62. The van der Waals surface area contributed by atoms with Gasteiger partial charge in [0.25, 0.3) is 0 Å². The van der Waals surface area contributed by atoms with E-state index in [-0.39, 0.29) is 5.75 Å². The topological polar surface area (TPSA) is 64.1 Å². The van der Waals surface area contributed by atoms with Crippen molar-refractivity contribution in [2.75, 3.05) is 6.54 Å². The Morgan fingerprint density at radius 3 is 2.83 bits per heavy atom. The maximum atomic E-state index is 9.32. The van der Waals surface area contributed by atoms with Gasteiger partial charge >= 0.3 is 0 Å². The standard InChI is InChI=1S/C14H17N3O/c15-8-10-1-6-14-11(7-10)9-16-17(14)12-2-4-13(18)5-3-12/h2-5,9-10,18H,1,6-8,15H2. The molecule has 0 fully saturated rings. The number of hydrogen-bond acceptors (Lipinski definition) is 3. The highest BCUT2D eigenvalue weighted by Gasteiger charge is 2.21. The Hall–Kier alpha value is -1.81. The second-order valence-electron chi connectivity index (χ2n) is 4.89. The lowest BCUT2D eigenvalue weighted by atomic mass is 9.88. The van der Waals surface area contributed by atoms with Crippen LogP contribution in [0.5, 0.6) is 5.75 Å². The highest BCUT2D eigenvalue weighted by molar-refractivity contribution is 5.39. The van der Waals surface area contributed by atoms with Gasteiger partial charge in [-0.2, -0.15) is 5.10 Å². The molecule has 0 amide bonds. The van der Waals surface area contributed by atoms with Gasteiger partial charge in [0.1, 0.15) is 5.75 Å². The van der Waals surface area contributed by atoms with Crippen molar-refractivity contribution in [3.8, 4) is 11.4 Å². The monoisotopic (exact) mass is 243 g/mol. The Bertz CT molecular complexity index is 545. The van der Waals surface area contributed by atoms with Crippen LogP contribution in [0.25, 0.3) is 5.69 Å². The third-order valence-electron chi connectivity index (χ3n) is 3.68. The molecular weight excluding hydrogens is 226 g/mol. The SMILES string of the molecule is NCC1CCc2c(cnn2-c2ccc(O)cc2)C1. The molecule has 0 saturated heterocycles. The Morgan fingerprint density at radius 2 is 2.11 bits per heavy atom. The van der Waals surface area contributed by atoms with Crippen LogP contribution < -0.4 is 5.73 Å². The summed E-state index contributed by atoms with van der Waals surface area (Å²) in [4.78, 5) is 0. The molecule has 1 aromatic heterocycles. The van der Waals surface area contributed by atoms with E-state index in [1.54, 1.807) is 12.1 Å². The third kappa shape index (κ3) is 1.88. The first-order valence-electron chi connectivity index (χ1n) is 6.33. The number of benzene rings is 1. The molecule has 2 aromatic rings. The van der Waals surface area contributed by atoms with Crippen LogP contribution in [0.3, 0.4) is 0 Å². The molecule has 4 heteroatoms. The van der Waals surface area contributed by atoms with Crippen molar-refractivity contribution in [1.82, 2.24) is 9.78 Å². The van der Waals surface area contributed by atoms with Crippen molar-refractivity contribution in [2.45, 2.75) is 19.3 Å². The minimum absolute atomic E-state index is 0.281. The van der Waals surface area contributed by atoms with Gasteiger partial charge in [0.15, 0.2) is 0 Å². The van der Waals surface area contributed by atoms with Gasteiger partial charge in [-0.05, 0) is 61.6 Å². The normalized spacial score (nSPS) is 18.6. The van der Waals surface area contributed by atoms with E-state index in [2.05, 4.69) is 5.10 Å². The summed E-state index contributed by atoms with van der Waals surface area (Å²) in [5.74, 6) is 0.873. The molecule has 1 atom stereocenters. The van der Waals surface area contributed by atoms with E-state index in [0.29, 0.717) is 5.92 Å². The lowest BCUT2D eigenvalue weighted by molar-refractivity contribution is 0.462. The molecule has 3 N–H and O–H groups in total. The summed E-state index contributed by atoms with van der Waals surface area (Å²) in [7, 11) is 0. The zero-order chi connectivity index (χ0) is 12.5. The molecule has 4 nitrogen and oxygen atoms in total. The maximum Gasteiger partial charge on any atom is 0.115 e. The number of nitrogens with zero attached hydrogens (tertiary/aromatic N) is 2. The minimum atomic E-state index is 0.281. The number of rotatable bonds is 2. The molecule has 0 saturated carbocycles. The minimum Gasteiger partial charge on any atom is -0.508 e. The average molecular weight is 243 g/mol. The van der Waals surface area contributed by atoms with Crippen LogP contribution in [0.1, 0.15) is 17.7 Å². The number of nitrogens with two attached hydrogens (primary N) is 1. The molecule has 1 aliphatic rings. The van der Waals surface area contributed by atoms with E-state index in [1.807, 2.05) is 23.0 Å². The number of fused-ring (bicyclic) bond motifs is 1. The van der Waals surface area contributed by atoms with Gasteiger partial charge in [-0.3, -0.25) is 0 Å². The summed E-state index contributed by atoms with van der Waals surface area (Å²) in [6.45, 7) is 0.754. The lowest BCUT2D eigenvalue weighted by Crippen LogP contribution is -2.22. The summed E-state index contributed by atoms with van der Waals surface area (Å²) < 4.78 is 1.97. The van der Waals surface area contributed by atoms with E-state index in [9.17, 15) is 5.11 Å². The van der Waals surface area contributed by atoms with Crippen molar-refractivity contribution in [3.05, 3.63) is 41.7 Å². The Labute approximate surface area is 106 Å². The molecule has 1 heterocycles. The van der Waals surface area contributed by atoms with Crippen molar-refractivity contribution >= 4 is 0 Å². The van der Waals surface area contributed by atoms with E-state index >= 15 is 0 Å². The van der Waals surface area contributed by atoms with Gasteiger partial charge in [-0.1, -0.05) is 0 Å². The van der Waals surface area contributed by atoms with Crippen LogP contribution in [0.2, 0.25) is 0 Å². The van der Waals surface area contributed by atoms with Crippen LogP contribution in [0.4, 0.5) is 0 Å². The second-order valence-corrected chi connectivity index (χ2v) is 4.89. The van der Waals surface area contributed by atoms with Crippen molar-refractivity contribution in [3.63, 3.8) is 0 Å². The van der Waals surface area contributed by atoms with Crippen molar-refractivity contribution in [1.29, 1.82) is 0 Å². The van der Waals surface area contributed by atoms with Gasteiger partial charge in [-0.25, -0.2) is 4.68 Å².